The van der Waals surface area contributed by atoms with Gasteiger partial charge in [-0.25, -0.2) is 4.98 Å². The van der Waals surface area contributed by atoms with Crippen LogP contribution < -0.4 is 16.4 Å². The summed E-state index contributed by atoms with van der Waals surface area (Å²) in [6.45, 7) is 6.98. The van der Waals surface area contributed by atoms with E-state index in [2.05, 4.69) is 22.5 Å². The monoisotopic (exact) mass is 268 g/mol. The number of nitrogens with zero attached hydrogens (tertiary/aromatic N) is 1. The fourth-order valence-corrected chi connectivity index (χ4v) is 2.74. The van der Waals surface area contributed by atoms with Gasteiger partial charge in [-0.05, 0) is 32.1 Å². The number of carbonyl (C=O) groups excluding carboxylic acids is 1. The zero-order chi connectivity index (χ0) is 13.3. The zero-order valence-corrected chi connectivity index (χ0v) is 11.8. The SMILES string of the molecule is CC(C)Nc1nc(N)c(C(=O)NCC2CC2C)s1. The van der Waals surface area contributed by atoms with E-state index in [1.54, 1.807) is 0 Å². The van der Waals surface area contributed by atoms with Crippen molar-refractivity contribution in [3.05, 3.63) is 4.88 Å². The summed E-state index contributed by atoms with van der Waals surface area (Å²) in [5.41, 5.74) is 5.77. The van der Waals surface area contributed by atoms with E-state index >= 15 is 0 Å². The molecule has 0 radical (unpaired) electrons. The highest BCUT2D eigenvalue weighted by Gasteiger charge is 2.32. The molecule has 1 aliphatic carbocycles. The Morgan fingerprint density at radius 3 is 2.83 bits per heavy atom. The number of nitrogens with one attached hydrogen (secondary N) is 2. The average Bonchev–Trinajstić information content (AvgIpc) is 2.85. The van der Waals surface area contributed by atoms with Gasteiger partial charge in [0, 0.05) is 12.6 Å². The van der Waals surface area contributed by atoms with Crippen molar-refractivity contribution < 1.29 is 4.79 Å². The first-order chi connectivity index (χ1) is 8.47. The molecule has 5 nitrogen and oxygen atoms in total. The van der Waals surface area contributed by atoms with Crippen molar-refractivity contribution in [1.82, 2.24) is 10.3 Å². The number of hydrogen-bond acceptors (Lipinski definition) is 5. The minimum Gasteiger partial charge on any atom is -0.382 e. The summed E-state index contributed by atoms with van der Waals surface area (Å²) in [7, 11) is 0. The van der Waals surface area contributed by atoms with Crippen LogP contribution in [0.5, 0.6) is 0 Å². The Morgan fingerprint density at radius 2 is 2.28 bits per heavy atom. The summed E-state index contributed by atoms with van der Waals surface area (Å²) in [5.74, 6) is 1.57. The molecule has 1 aliphatic rings. The Kier molecular flexibility index (Phi) is 3.75. The largest absolute Gasteiger partial charge is 0.382 e. The molecule has 2 unspecified atom stereocenters. The lowest BCUT2D eigenvalue weighted by Crippen LogP contribution is -2.25. The lowest BCUT2D eigenvalue weighted by atomic mass is 10.3. The van der Waals surface area contributed by atoms with Crippen LogP contribution in [0.25, 0.3) is 0 Å². The van der Waals surface area contributed by atoms with E-state index in [0.717, 1.165) is 12.5 Å². The summed E-state index contributed by atoms with van der Waals surface area (Å²) in [4.78, 5) is 16.6. The summed E-state index contributed by atoms with van der Waals surface area (Å²) < 4.78 is 0. The number of rotatable bonds is 5. The van der Waals surface area contributed by atoms with Crippen LogP contribution in [0.2, 0.25) is 0 Å². The van der Waals surface area contributed by atoms with Crippen LogP contribution in [0.15, 0.2) is 0 Å². The molecule has 0 aromatic carbocycles. The molecule has 1 saturated carbocycles. The molecule has 6 heteroatoms. The van der Waals surface area contributed by atoms with Crippen LogP contribution in [-0.4, -0.2) is 23.5 Å². The van der Waals surface area contributed by atoms with E-state index < -0.39 is 0 Å². The summed E-state index contributed by atoms with van der Waals surface area (Å²) in [6.07, 6.45) is 1.21. The van der Waals surface area contributed by atoms with Crippen molar-refractivity contribution in [1.29, 1.82) is 0 Å². The van der Waals surface area contributed by atoms with Crippen LogP contribution in [0.1, 0.15) is 36.9 Å². The van der Waals surface area contributed by atoms with Crippen molar-refractivity contribution in [3.8, 4) is 0 Å². The standard InChI is InChI=1S/C12H20N4OS/c1-6(2)15-12-16-10(13)9(18-12)11(17)14-5-8-4-7(8)3/h6-8H,4-5,13H2,1-3H3,(H,14,17)(H,15,16). The fourth-order valence-electron chi connectivity index (χ4n) is 1.79. The van der Waals surface area contributed by atoms with Gasteiger partial charge in [0.2, 0.25) is 0 Å². The van der Waals surface area contributed by atoms with Gasteiger partial charge in [-0.2, -0.15) is 0 Å². The highest BCUT2D eigenvalue weighted by atomic mass is 32.1. The topological polar surface area (TPSA) is 80.0 Å². The summed E-state index contributed by atoms with van der Waals surface area (Å²) in [6, 6.07) is 0.277. The van der Waals surface area contributed by atoms with Crippen molar-refractivity contribution >= 4 is 28.2 Å². The number of aromatic nitrogens is 1. The number of nitrogens with two attached hydrogens (primary N) is 1. The molecule has 0 aliphatic heterocycles. The second-order valence-electron chi connectivity index (χ2n) is 5.22. The van der Waals surface area contributed by atoms with E-state index in [0.29, 0.717) is 21.7 Å². The lowest BCUT2D eigenvalue weighted by Gasteiger charge is -2.04. The Bertz CT molecular complexity index is 443. The van der Waals surface area contributed by atoms with E-state index in [-0.39, 0.29) is 11.9 Å². The maximum Gasteiger partial charge on any atom is 0.265 e. The summed E-state index contributed by atoms with van der Waals surface area (Å²) in [5, 5.41) is 6.78. The van der Waals surface area contributed by atoms with Crippen LogP contribution in [-0.2, 0) is 0 Å². The van der Waals surface area contributed by atoms with Crippen LogP contribution >= 0.6 is 11.3 Å². The molecule has 4 N–H and O–H groups in total. The van der Waals surface area contributed by atoms with Gasteiger partial charge in [0.05, 0.1) is 0 Å². The maximum absolute atomic E-state index is 12.0. The molecular formula is C12H20N4OS. The van der Waals surface area contributed by atoms with Gasteiger partial charge in [-0.3, -0.25) is 4.79 Å². The highest BCUT2D eigenvalue weighted by molar-refractivity contribution is 7.18. The lowest BCUT2D eigenvalue weighted by molar-refractivity contribution is 0.0956. The van der Waals surface area contributed by atoms with Crippen LogP contribution in [0, 0.1) is 11.8 Å². The van der Waals surface area contributed by atoms with Gasteiger partial charge in [0.1, 0.15) is 10.7 Å². The maximum atomic E-state index is 12.0. The minimum atomic E-state index is -0.110. The molecule has 0 saturated heterocycles. The molecular weight excluding hydrogens is 248 g/mol. The Morgan fingerprint density at radius 1 is 1.61 bits per heavy atom. The van der Waals surface area contributed by atoms with Gasteiger partial charge >= 0.3 is 0 Å². The predicted octanol–water partition coefficient (Wildman–Crippen LogP) is 1.93. The van der Waals surface area contributed by atoms with E-state index in [4.69, 9.17) is 5.73 Å². The van der Waals surface area contributed by atoms with Crippen LogP contribution in [0.3, 0.4) is 0 Å². The highest BCUT2D eigenvalue weighted by Crippen LogP contribution is 2.37. The Balaban J connectivity index is 1.94. The van der Waals surface area contributed by atoms with E-state index in [1.807, 2.05) is 13.8 Å². The second kappa shape index (κ2) is 5.14. The third-order valence-corrected chi connectivity index (χ3v) is 4.07. The van der Waals surface area contributed by atoms with Crippen molar-refractivity contribution in [2.24, 2.45) is 11.8 Å². The first-order valence-electron chi connectivity index (χ1n) is 6.28. The molecule has 0 bridgehead atoms. The molecule has 2 atom stereocenters. The number of carbonyl (C=O) groups is 1. The van der Waals surface area contributed by atoms with Crippen molar-refractivity contribution in [2.45, 2.75) is 33.2 Å². The van der Waals surface area contributed by atoms with Crippen molar-refractivity contribution in [3.63, 3.8) is 0 Å². The number of amides is 1. The number of anilines is 2. The molecule has 1 heterocycles. The Labute approximate surface area is 111 Å². The third-order valence-electron chi connectivity index (χ3n) is 3.07. The first-order valence-corrected chi connectivity index (χ1v) is 7.10. The summed E-state index contributed by atoms with van der Waals surface area (Å²) >= 11 is 1.31. The Hall–Kier alpha value is -1.30. The first kappa shape index (κ1) is 13.1. The molecule has 1 fully saturated rings. The van der Waals surface area contributed by atoms with Gasteiger partial charge < -0.3 is 16.4 Å². The smallest absolute Gasteiger partial charge is 0.265 e. The predicted molar refractivity (Wildman–Crippen MR) is 74.9 cm³/mol. The van der Waals surface area contributed by atoms with Gasteiger partial charge in [0.25, 0.3) is 5.91 Å². The molecule has 1 amide bonds. The molecule has 1 aromatic rings. The third kappa shape index (κ3) is 3.13. The quantitative estimate of drug-likeness (QED) is 0.762. The minimum absolute atomic E-state index is 0.110. The van der Waals surface area contributed by atoms with Gasteiger partial charge in [-0.1, -0.05) is 18.3 Å². The number of nitrogen functional groups attached to an aromatic ring is 1. The molecule has 0 spiro atoms. The normalized spacial score (nSPS) is 22.0. The molecule has 18 heavy (non-hydrogen) atoms. The van der Waals surface area contributed by atoms with Gasteiger partial charge in [-0.15, -0.1) is 0 Å². The van der Waals surface area contributed by atoms with E-state index in [9.17, 15) is 4.79 Å². The molecule has 100 valence electrons. The average molecular weight is 268 g/mol. The zero-order valence-electron chi connectivity index (χ0n) is 11.0. The second-order valence-corrected chi connectivity index (χ2v) is 6.21. The fraction of sp³-hybridized carbons (Fsp3) is 0.667. The van der Waals surface area contributed by atoms with Gasteiger partial charge in [0.15, 0.2) is 5.13 Å². The number of hydrogen-bond donors (Lipinski definition) is 3. The molecule has 2 rings (SSSR count). The van der Waals surface area contributed by atoms with Crippen LogP contribution in [0.4, 0.5) is 10.9 Å². The number of thiazole rings is 1. The van der Waals surface area contributed by atoms with Crippen molar-refractivity contribution in [2.75, 3.05) is 17.6 Å². The molecule has 1 aromatic heterocycles. The van der Waals surface area contributed by atoms with E-state index in [1.165, 1.54) is 17.8 Å².